The fourth-order valence-electron chi connectivity index (χ4n) is 12.0. The third-order valence-electron chi connectivity index (χ3n) is 13.4. The molecule has 1 nitrogen and oxygen atoms in total. The minimum Gasteiger partial charge on any atom is -0.381 e. The third-order valence-corrected chi connectivity index (χ3v) is 19.1. The van der Waals surface area contributed by atoms with Crippen molar-refractivity contribution in [2.75, 3.05) is 7.11 Å². The monoisotopic (exact) mass is 598 g/mol. The van der Waals surface area contributed by atoms with E-state index < -0.39 is 8.07 Å². The van der Waals surface area contributed by atoms with Gasteiger partial charge < -0.3 is 4.74 Å². The van der Waals surface area contributed by atoms with Gasteiger partial charge in [-0.15, -0.1) is 0 Å². The topological polar surface area (TPSA) is 9.23 Å². The summed E-state index contributed by atoms with van der Waals surface area (Å²) in [5.41, 5.74) is 2.57. The highest BCUT2D eigenvalue weighted by atomic mass is 79.9. The Balaban J connectivity index is 1.22. The Morgan fingerprint density at radius 3 is 2.33 bits per heavy atom. The van der Waals surface area contributed by atoms with Crippen LogP contribution in [0.3, 0.4) is 0 Å². The predicted molar refractivity (Wildman–Crippen MR) is 149 cm³/mol. The minimum atomic E-state index is -1.15. The van der Waals surface area contributed by atoms with Gasteiger partial charge in [0, 0.05) is 12.5 Å². The van der Waals surface area contributed by atoms with Gasteiger partial charge in [0.1, 0.15) is 0 Å². The van der Waals surface area contributed by atoms with Crippen LogP contribution in [0.15, 0.2) is 0 Å². The molecule has 1 spiro atoms. The van der Waals surface area contributed by atoms with Gasteiger partial charge >= 0.3 is 0 Å². The van der Waals surface area contributed by atoms with Crippen molar-refractivity contribution < 1.29 is 4.74 Å². The molecule has 6 rings (SSSR count). The van der Waals surface area contributed by atoms with E-state index in [0.29, 0.717) is 22.3 Å². The van der Waals surface area contributed by atoms with Crippen molar-refractivity contribution >= 4 is 39.9 Å². The molecule has 6 saturated carbocycles. The highest BCUT2D eigenvalue weighted by Crippen LogP contribution is 2.82. The van der Waals surface area contributed by atoms with Crippen LogP contribution in [0, 0.1) is 57.7 Å². The molecule has 0 aromatic carbocycles. The zero-order valence-corrected chi connectivity index (χ0v) is 26.4. The largest absolute Gasteiger partial charge is 0.381 e. The molecule has 12 atom stereocenters. The van der Waals surface area contributed by atoms with Gasteiger partial charge in [-0.1, -0.05) is 72.3 Å². The second-order valence-corrected chi connectivity index (χ2v) is 24.3. The van der Waals surface area contributed by atoms with Crippen molar-refractivity contribution in [2.45, 2.75) is 113 Å². The molecule has 0 bridgehead atoms. The maximum Gasteiger partial charge on any atom is 0.0842 e. The van der Waals surface area contributed by atoms with E-state index in [1.165, 1.54) is 57.8 Å². The Morgan fingerprint density at radius 2 is 1.73 bits per heavy atom. The van der Waals surface area contributed by atoms with Gasteiger partial charge in [-0.2, -0.15) is 0 Å². The quantitative estimate of drug-likeness (QED) is 0.226. The summed E-state index contributed by atoms with van der Waals surface area (Å²) in [4.78, 5) is 0. The molecule has 0 aromatic rings. The Morgan fingerprint density at radius 1 is 1.00 bits per heavy atom. The molecule has 4 heteroatoms. The first-order valence-corrected chi connectivity index (χ1v) is 19.4. The van der Waals surface area contributed by atoms with E-state index in [1.807, 2.05) is 7.11 Å². The van der Waals surface area contributed by atoms with Crippen LogP contribution in [0.5, 0.6) is 0 Å². The number of alkyl halides is 2. The van der Waals surface area contributed by atoms with Crippen LogP contribution >= 0.6 is 31.9 Å². The lowest BCUT2D eigenvalue weighted by molar-refractivity contribution is -0.161. The Hall–Kier alpha value is 1.14. The van der Waals surface area contributed by atoms with Crippen molar-refractivity contribution in [3.63, 3.8) is 0 Å². The summed E-state index contributed by atoms with van der Waals surface area (Å²) in [6, 6.07) is 0. The molecule has 8 unspecified atom stereocenters. The first kappa shape index (κ1) is 24.5. The summed E-state index contributed by atoms with van der Waals surface area (Å²) >= 11 is 8.23. The molecule has 33 heavy (non-hydrogen) atoms. The smallest absolute Gasteiger partial charge is 0.0842 e. The molecule has 188 valence electrons. The molecule has 0 saturated heterocycles. The molecule has 0 heterocycles. The first-order valence-electron chi connectivity index (χ1n) is 14.2. The van der Waals surface area contributed by atoms with Crippen LogP contribution in [0.2, 0.25) is 25.2 Å². The zero-order chi connectivity index (χ0) is 23.8. The minimum absolute atomic E-state index is 0.233. The van der Waals surface area contributed by atoms with E-state index in [1.54, 1.807) is 0 Å². The van der Waals surface area contributed by atoms with Gasteiger partial charge in [-0.3, -0.25) is 0 Å². The molecule has 0 aromatic heterocycles. The van der Waals surface area contributed by atoms with Crippen molar-refractivity contribution in [1.82, 2.24) is 0 Å². The zero-order valence-electron chi connectivity index (χ0n) is 22.2. The average molecular weight is 601 g/mol. The van der Waals surface area contributed by atoms with Crippen LogP contribution in [-0.2, 0) is 4.74 Å². The second kappa shape index (κ2) is 7.37. The van der Waals surface area contributed by atoms with Crippen molar-refractivity contribution in [1.29, 1.82) is 0 Å². The van der Waals surface area contributed by atoms with E-state index in [4.69, 9.17) is 4.74 Å². The predicted octanol–water partition coefficient (Wildman–Crippen LogP) is 9.12. The Kier molecular flexibility index (Phi) is 5.47. The van der Waals surface area contributed by atoms with E-state index in [9.17, 15) is 0 Å². The third kappa shape index (κ3) is 3.08. The first-order chi connectivity index (χ1) is 15.3. The highest BCUT2D eigenvalue weighted by Gasteiger charge is 2.77. The van der Waals surface area contributed by atoms with Crippen LogP contribution in [0.1, 0.15) is 78.6 Å². The van der Waals surface area contributed by atoms with Crippen molar-refractivity contribution in [3.8, 4) is 0 Å². The van der Waals surface area contributed by atoms with Gasteiger partial charge in [-0.25, -0.2) is 0 Å². The van der Waals surface area contributed by atoms with Crippen molar-refractivity contribution in [2.24, 2.45) is 57.7 Å². The second-order valence-electron chi connectivity index (χ2n) is 15.3. The maximum absolute atomic E-state index is 6.34. The van der Waals surface area contributed by atoms with Crippen LogP contribution in [0.4, 0.5) is 0 Å². The van der Waals surface area contributed by atoms with Crippen LogP contribution in [-0.4, -0.2) is 24.5 Å². The fraction of sp³-hybridized carbons (Fsp3) is 1.00. The number of rotatable bonds is 5. The molecule has 6 aliphatic carbocycles. The molecule has 0 amide bonds. The lowest BCUT2D eigenvalue weighted by Crippen LogP contribution is -2.57. The highest BCUT2D eigenvalue weighted by molar-refractivity contribution is 9.25. The maximum atomic E-state index is 6.34. The number of hydrogen-bond acceptors (Lipinski definition) is 1. The van der Waals surface area contributed by atoms with Gasteiger partial charge in [0.2, 0.25) is 0 Å². The summed E-state index contributed by atoms with van der Waals surface area (Å²) in [5.74, 6) is 6.42. The number of methoxy groups -OCH3 is 1. The Labute approximate surface area is 221 Å². The number of hydrogen-bond donors (Lipinski definition) is 0. The SMILES string of the molecule is CO[C@@H]1CC2C3CCC([C@H](C)CC4C([Si](C)(C)C)C4(Br)Br)[C@@]3(C)CCC2[C@@]2(C)CCC3CC312. The summed E-state index contributed by atoms with van der Waals surface area (Å²) in [6.45, 7) is 15.8. The number of ether oxygens (including phenoxy) is 1. The van der Waals surface area contributed by atoms with Crippen LogP contribution < -0.4 is 0 Å². The number of fused-ring (bicyclic) bond motifs is 4. The standard InChI is InChI=1S/C29H48Br2OSi/c1-17(14-23-25(29(23,30)31)33(5,6)7)20-8-9-21-19-15-24(32-4)28-16-18(28)10-13-27(28,3)22(19)11-12-26(20,21)2/h17-25H,8-16H2,1-7H3/t17-,18?,19?,20?,21?,22?,23?,24-,25?,26-,27-,28?/m1/s1. The van der Waals surface area contributed by atoms with E-state index in [-0.39, 0.29) is 3.23 Å². The summed E-state index contributed by atoms with van der Waals surface area (Å²) in [5, 5.41) is 0. The molecule has 0 aliphatic heterocycles. The molecular weight excluding hydrogens is 552 g/mol. The van der Waals surface area contributed by atoms with Gasteiger partial charge in [0.15, 0.2) is 0 Å². The van der Waals surface area contributed by atoms with Crippen molar-refractivity contribution in [3.05, 3.63) is 0 Å². The normalized spacial score (nSPS) is 57.0. The molecule has 0 N–H and O–H groups in total. The summed E-state index contributed by atoms with van der Waals surface area (Å²) in [6.07, 6.45) is 13.8. The Bertz CT molecular complexity index is 823. The van der Waals surface area contributed by atoms with Crippen LogP contribution in [0.25, 0.3) is 0 Å². The average Bonchev–Trinajstić information content (AvgIpc) is 3.47. The lowest BCUT2D eigenvalue weighted by atomic mass is 9.45. The number of halogens is 2. The van der Waals surface area contributed by atoms with Gasteiger partial charge in [0.25, 0.3) is 0 Å². The van der Waals surface area contributed by atoms with Gasteiger partial charge in [-0.05, 0) is 116 Å². The molecule has 6 fully saturated rings. The van der Waals surface area contributed by atoms with E-state index in [2.05, 4.69) is 72.3 Å². The molecular formula is C29H48Br2OSi. The summed E-state index contributed by atoms with van der Waals surface area (Å²) in [7, 11) is 0.886. The molecule has 0 radical (unpaired) electrons. The molecule has 6 aliphatic rings. The van der Waals surface area contributed by atoms with E-state index >= 15 is 0 Å². The fourth-order valence-corrected chi connectivity index (χ4v) is 20.7. The van der Waals surface area contributed by atoms with E-state index in [0.717, 1.165) is 47.0 Å². The lowest BCUT2D eigenvalue weighted by Gasteiger charge is -2.61. The van der Waals surface area contributed by atoms with Gasteiger partial charge in [0.05, 0.1) is 17.4 Å². The summed E-state index contributed by atoms with van der Waals surface area (Å²) < 4.78 is 6.57.